The second kappa shape index (κ2) is 4.52. The van der Waals surface area contributed by atoms with E-state index in [4.69, 9.17) is 12.2 Å². The van der Waals surface area contributed by atoms with Gasteiger partial charge in [0.25, 0.3) is 0 Å². The van der Waals surface area contributed by atoms with Gasteiger partial charge in [0.05, 0.1) is 11.4 Å². The number of nitrogens with zero attached hydrogens (tertiary/aromatic N) is 3. The molecule has 3 aromatic rings. The quantitative estimate of drug-likeness (QED) is 0.735. The number of aromatic nitrogens is 4. The summed E-state index contributed by atoms with van der Waals surface area (Å²) in [5.74, 6) is -1.28. The van der Waals surface area contributed by atoms with Crippen molar-refractivity contribution in [1.82, 2.24) is 19.3 Å². The largest absolute Gasteiger partial charge is 0.327 e. The predicted molar refractivity (Wildman–Crippen MR) is 74.6 cm³/mol. The van der Waals surface area contributed by atoms with Crippen LogP contribution in [-0.4, -0.2) is 19.3 Å². The minimum Gasteiger partial charge on any atom is -0.327 e. The number of hydrogen-bond donors (Lipinski definition) is 1. The minimum atomic E-state index is -0.663. The van der Waals surface area contributed by atoms with Crippen molar-refractivity contribution in [2.45, 2.75) is 20.4 Å². The Kier molecular flexibility index (Phi) is 2.93. The summed E-state index contributed by atoms with van der Waals surface area (Å²) < 4.78 is 30.7. The van der Waals surface area contributed by atoms with Gasteiger partial charge in [0.1, 0.15) is 17.2 Å². The van der Waals surface area contributed by atoms with E-state index in [0.717, 1.165) is 17.3 Å². The molecule has 0 radical (unpaired) electrons. The van der Waals surface area contributed by atoms with Crippen molar-refractivity contribution in [1.29, 1.82) is 0 Å². The molecule has 4 nitrogen and oxygen atoms in total. The van der Waals surface area contributed by atoms with E-state index in [0.29, 0.717) is 17.0 Å². The summed E-state index contributed by atoms with van der Waals surface area (Å²) in [7, 11) is 0. The van der Waals surface area contributed by atoms with Crippen molar-refractivity contribution in [3.63, 3.8) is 0 Å². The molecule has 0 aliphatic rings. The Morgan fingerprint density at radius 2 is 2.10 bits per heavy atom. The molecule has 0 atom stereocenters. The van der Waals surface area contributed by atoms with Crippen LogP contribution in [0.5, 0.6) is 0 Å². The second-order valence-corrected chi connectivity index (χ2v) is 4.85. The van der Waals surface area contributed by atoms with E-state index in [1.807, 2.05) is 13.8 Å². The van der Waals surface area contributed by atoms with Crippen molar-refractivity contribution in [2.75, 3.05) is 0 Å². The van der Waals surface area contributed by atoms with Crippen molar-refractivity contribution >= 4 is 23.4 Å². The third kappa shape index (κ3) is 1.77. The van der Waals surface area contributed by atoms with Crippen LogP contribution in [0.3, 0.4) is 0 Å². The summed E-state index contributed by atoms with van der Waals surface area (Å²) in [6.45, 7) is 4.41. The van der Waals surface area contributed by atoms with E-state index in [9.17, 15) is 8.78 Å². The third-order valence-corrected chi connectivity index (χ3v) is 3.48. The summed E-state index contributed by atoms with van der Waals surface area (Å²) in [5.41, 5.74) is 2.44. The maximum absolute atomic E-state index is 14.0. The molecule has 0 aliphatic carbocycles. The highest BCUT2D eigenvalue weighted by molar-refractivity contribution is 7.71. The monoisotopic (exact) mass is 294 g/mol. The fourth-order valence-corrected chi connectivity index (χ4v) is 2.60. The first-order chi connectivity index (χ1) is 9.52. The molecule has 1 aromatic carbocycles. The number of aromatic amines is 1. The molecule has 104 valence electrons. The molecule has 20 heavy (non-hydrogen) atoms. The fraction of sp³-hybridized carbons (Fsp3) is 0.231. The van der Waals surface area contributed by atoms with Crippen LogP contribution in [0.1, 0.15) is 12.6 Å². The number of benzene rings is 1. The van der Waals surface area contributed by atoms with Gasteiger partial charge in [-0.15, -0.1) is 0 Å². The van der Waals surface area contributed by atoms with Gasteiger partial charge in [-0.25, -0.2) is 13.5 Å². The fourth-order valence-electron chi connectivity index (χ4n) is 2.31. The standard InChI is InChI=1S/C13H12F2N4S/c1-3-18-12-11(7(2)17-18)16-13(20)19(12)10-5-4-8(14)6-9(10)15/h4-6H,3H2,1-2H3,(H,16,20). The van der Waals surface area contributed by atoms with Gasteiger partial charge < -0.3 is 4.98 Å². The molecule has 2 aromatic heterocycles. The number of H-pyrrole nitrogens is 1. The molecular weight excluding hydrogens is 282 g/mol. The van der Waals surface area contributed by atoms with Crippen molar-refractivity contribution in [3.8, 4) is 5.69 Å². The van der Waals surface area contributed by atoms with E-state index < -0.39 is 11.6 Å². The molecule has 0 unspecified atom stereocenters. The van der Waals surface area contributed by atoms with E-state index in [1.54, 1.807) is 9.25 Å². The lowest BCUT2D eigenvalue weighted by molar-refractivity contribution is 0.576. The molecule has 0 fully saturated rings. The molecule has 2 heterocycles. The topological polar surface area (TPSA) is 38.5 Å². The van der Waals surface area contributed by atoms with Gasteiger partial charge in [-0.2, -0.15) is 5.10 Å². The normalized spacial score (nSPS) is 11.4. The first-order valence-corrected chi connectivity index (χ1v) is 6.57. The van der Waals surface area contributed by atoms with Gasteiger partial charge in [-0.05, 0) is 38.2 Å². The Morgan fingerprint density at radius 3 is 2.75 bits per heavy atom. The number of hydrogen-bond acceptors (Lipinski definition) is 2. The highest BCUT2D eigenvalue weighted by atomic mass is 32.1. The summed E-state index contributed by atoms with van der Waals surface area (Å²) in [5, 5.41) is 4.36. The number of imidazole rings is 1. The summed E-state index contributed by atoms with van der Waals surface area (Å²) in [4.78, 5) is 3.02. The molecule has 0 spiro atoms. The smallest absolute Gasteiger partial charge is 0.184 e. The molecule has 0 aliphatic heterocycles. The van der Waals surface area contributed by atoms with Gasteiger partial charge in [0, 0.05) is 12.6 Å². The zero-order valence-corrected chi connectivity index (χ0v) is 11.8. The van der Waals surface area contributed by atoms with Gasteiger partial charge in [0.2, 0.25) is 0 Å². The maximum atomic E-state index is 14.0. The van der Waals surface area contributed by atoms with E-state index >= 15 is 0 Å². The van der Waals surface area contributed by atoms with Crippen molar-refractivity contribution in [3.05, 3.63) is 40.3 Å². The number of aryl methyl sites for hydroxylation is 2. The SMILES string of the molecule is CCn1nc(C)c2[nH]c(=S)n(-c3ccc(F)cc3F)c21. The van der Waals surface area contributed by atoms with Gasteiger partial charge in [0.15, 0.2) is 10.4 Å². The predicted octanol–water partition coefficient (Wildman–Crippen LogP) is 3.49. The van der Waals surface area contributed by atoms with Crippen LogP contribution >= 0.6 is 12.2 Å². The molecular formula is C13H12F2N4S. The molecule has 1 N–H and O–H groups in total. The van der Waals surface area contributed by atoms with Gasteiger partial charge in [-0.3, -0.25) is 4.57 Å². The highest BCUT2D eigenvalue weighted by Gasteiger charge is 2.17. The van der Waals surface area contributed by atoms with Crippen LogP contribution in [0, 0.1) is 23.3 Å². The first-order valence-electron chi connectivity index (χ1n) is 6.16. The third-order valence-electron chi connectivity index (χ3n) is 3.20. The molecule has 3 rings (SSSR count). The average molecular weight is 294 g/mol. The van der Waals surface area contributed by atoms with Crippen LogP contribution < -0.4 is 0 Å². The number of halogens is 2. The number of nitrogens with one attached hydrogen (secondary N) is 1. The lowest BCUT2D eigenvalue weighted by Crippen LogP contribution is -2.05. The van der Waals surface area contributed by atoms with E-state index in [2.05, 4.69) is 10.1 Å². The van der Waals surface area contributed by atoms with Crippen LogP contribution in [-0.2, 0) is 6.54 Å². The number of rotatable bonds is 2. The average Bonchev–Trinajstić information content (AvgIpc) is 2.88. The summed E-state index contributed by atoms with van der Waals surface area (Å²) in [6.07, 6.45) is 0. The lowest BCUT2D eigenvalue weighted by Gasteiger charge is -2.07. The Bertz CT molecular complexity index is 859. The zero-order valence-electron chi connectivity index (χ0n) is 10.9. The Morgan fingerprint density at radius 1 is 1.35 bits per heavy atom. The highest BCUT2D eigenvalue weighted by Crippen LogP contribution is 2.24. The Labute approximate surface area is 118 Å². The van der Waals surface area contributed by atoms with E-state index in [-0.39, 0.29) is 5.69 Å². The van der Waals surface area contributed by atoms with Crippen LogP contribution in [0.4, 0.5) is 8.78 Å². The Balaban J connectivity index is 2.41. The van der Waals surface area contributed by atoms with Crippen molar-refractivity contribution < 1.29 is 8.78 Å². The molecule has 0 saturated heterocycles. The zero-order chi connectivity index (χ0) is 14.4. The van der Waals surface area contributed by atoms with Crippen molar-refractivity contribution in [2.24, 2.45) is 0 Å². The lowest BCUT2D eigenvalue weighted by atomic mass is 10.3. The molecule has 0 amide bonds. The number of fused-ring (bicyclic) bond motifs is 1. The van der Waals surface area contributed by atoms with E-state index in [1.165, 1.54) is 12.1 Å². The van der Waals surface area contributed by atoms with Gasteiger partial charge in [-0.1, -0.05) is 0 Å². The molecule has 0 saturated carbocycles. The second-order valence-electron chi connectivity index (χ2n) is 4.46. The molecule has 7 heteroatoms. The van der Waals surface area contributed by atoms with Crippen LogP contribution in [0.25, 0.3) is 16.9 Å². The van der Waals surface area contributed by atoms with Gasteiger partial charge >= 0.3 is 0 Å². The van der Waals surface area contributed by atoms with Crippen LogP contribution in [0.2, 0.25) is 0 Å². The van der Waals surface area contributed by atoms with Crippen LogP contribution in [0.15, 0.2) is 18.2 Å². The molecule has 0 bridgehead atoms. The maximum Gasteiger partial charge on any atom is 0.184 e. The minimum absolute atomic E-state index is 0.206. The summed E-state index contributed by atoms with van der Waals surface area (Å²) >= 11 is 5.25. The first kappa shape index (κ1) is 13.0. The Hall–Kier alpha value is -2.02. The summed E-state index contributed by atoms with van der Waals surface area (Å²) in [6, 6.07) is 3.42.